The van der Waals surface area contributed by atoms with Crippen LogP contribution < -0.4 is 5.32 Å². The lowest BCUT2D eigenvalue weighted by Gasteiger charge is -2.21. The van der Waals surface area contributed by atoms with Gasteiger partial charge in [0.2, 0.25) is 0 Å². The van der Waals surface area contributed by atoms with Gasteiger partial charge in [-0.3, -0.25) is 0 Å². The van der Waals surface area contributed by atoms with Crippen LogP contribution >= 0.6 is 11.3 Å². The van der Waals surface area contributed by atoms with Crippen LogP contribution in [0, 0.1) is 6.92 Å². The van der Waals surface area contributed by atoms with Crippen molar-refractivity contribution in [3.8, 4) is 0 Å². The summed E-state index contributed by atoms with van der Waals surface area (Å²) in [5.41, 5.74) is 4.03. The molecule has 1 aromatic heterocycles. The first-order valence-electron chi connectivity index (χ1n) is 7.45. The maximum Gasteiger partial charge on any atom is 0.115 e. The molecule has 2 nitrogen and oxygen atoms in total. The Morgan fingerprint density at radius 2 is 2.00 bits per heavy atom. The number of aromatic nitrogens is 1. The van der Waals surface area contributed by atoms with Gasteiger partial charge in [-0.25, -0.2) is 4.98 Å². The van der Waals surface area contributed by atoms with Crippen molar-refractivity contribution >= 4 is 11.3 Å². The molecule has 1 heterocycles. The minimum Gasteiger partial charge on any atom is -0.302 e. The molecule has 3 rings (SSSR count). The molecular weight excluding hydrogens is 264 g/mol. The van der Waals surface area contributed by atoms with Gasteiger partial charge in [-0.2, -0.15) is 0 Å². The summed E-state index contributed by atoms with van der Waals surface area (Å²) in [7, 11) is 0. The number of nitrogens with zero attached hydrogens (tertiary/aromatic N) is 1. The van der Waals surface area contributed by atoms with Crippen LogP contribution in [0.2, 0.25) is 0 Å². The van der Waals surface area contributed by atoms with Gasteiger partial charge in [0, 0.05) is 10.9 Å². The maximum atomic E-state index is 4.92. The summed E-state index contributed by atoms with van der Waals surface area (Å²) < 4.78 is 0. The van der Waals surface area contributed by atoms with E-state index in [0.717, 1.165) is 6.42 Å². The third-order valence-corrected chi connectivity index (χ3v) is 5.08. The molecule has 0 bridgehead atoms. The number of nitrogens with one attached hydrogen (secondary N) is 1. The summed E-state index contributed by atoms with van der Waals surface area (Å²) in [4.78, 5) is 6.42. The lowest BCUT2D eigenvalue weighted by Crippen LogP contribution is -2.29. The molecule has 1 aromatic carbocycles. The van der Waals surface area contributed by atoms with Crippen molar-refractivity contribution < 1.29 is 0 Å². The number of aryl methyl sites for hydroxylation is 3. The van der Waals surface area contributed by atoms with Gasteiger partial charge in [-0.15, -0.1) is 11.3 Å². The van der Waals surface area contributed by atoms with Crippen LogP contribution in [0.15, 0.2) is 24.3 Å². The third kappa shape index (κ3) is 2.65. The standard InChI is InChI=1S/C17H22N2S/c1-11(2)18-16(13-8-5-4-7-12(13)3)17-19-14-9-6-10-15(14)20-17/h4-5,7-8,11,16,18H,6,9-10H2,1-3H3. The zero-order chi connectivity index (χ0) is 14.1. The number of thiazole rings is 1. The quantitative estimate of drug-likeness (QED) is 0.918. The van der Waals surface area contributed by atoms with E-state index in [1.807, 2.05) is 11.3 Å². The highest BCUT2D eigenvalue weighted by Crippen LogP contribution is 2.34. The molecule has 1 N–H and O–H groups in total. The molecule has 0 saturated heterocycles. The smallest absolute Gasteiger partial charge is 0.115 e. The molecule has 106 valence electrons. The van der Waals surface area contributed by atoms with Gasteiger partial charge in [0.05, 0.1) is 11.7 Å². The molecule has 0 radical (unpaired) electrons. The van der Waals surface area contributed by atoms with Crippen molar-refractivity contribution in [2.45, 2.75) is 52.1 Å². The van der Waals surface area contributed by atoms with E-state index in [4.69, 9.17) is 4.98 Å². The first kappa shape index (κ1) is 13.8. The van der Waals surface area contributed by atoms with Crippen LogP contribution in [0.4, 0.5) is 0 Å². The first-order valence-corrected chi connectivity index (χ1v) is 8.27. The van der Waals surface area contributed by atoms with Crippen LogP contribution in [0.25, 0.3) is 0 Å². The average molecular weight is 286 g/mol. The van der Waals surface area contributed by atoms with E-state index in [0.29, 0.717) is 6.04 Å². The predicted octanol–water partition coefficient (Wildman–Crippen LogP) is 4.03. The van der Waals surface area contributed by atoms with E-state index in [2.05, 4.69) is 50.4 Å². The highest BCUT2D eigenvalue weighted by molar-refractivity contribution is 7.11. The zero-order valence-electron chi connectivity index (χ0n) is 12.4. The largest absolute Gasteiger partial charge is 0.302 e. The van der Waals surface area contributed by atoms with Gasteiger partial charge in [-0.05, 0) is 51.2 Å². The highest BCUT2D eigenvalue weighted by Gasteiger charge is 2.24. The molecular formula is C17H22N2S. The highest BCUT2D eigenvalue weighted by atomic mass is 32.1. The maximum absolute atomic E-state index is 4.92. The predicted molar refractivity (Wildman–Crippen MR) is 85.4 cm³/mol. The Bertz CT molecular complexity index is 579. The molecule has 20 heavy (non-hydrogen) atoms. The summed E-state index contributed by atoms with van der Waals surface area (Å²) in [6.45, 7) is 6.59. The SMILES string of the molecule is Cc1ccccc1C(NC(C)C)c1nc2c(s1)CCC2. The van der Waals surface area contributed by atoms with E-state index >= 15 is 0 Å². The second kappa shape index (κ2) is 5.66. The Kier molecular flexibility index (Phi) is 3.90. The first-order chi connectivity index (χ1) is 9.65. The van der Waals surface area contributed by atoms with E-state index in [1.165, 1.54) is 39.5 Å². The molecule has 1 aliphatic carbocycles. The molecule has 0 amide bonds. The lowest BCUT2D eigenvalue weighted by molar-refractivity contribution is 0.524. The van der Waals surface area contributed by atoms with Gasteiger partial charge in [0.15, 0.2) is 0 Å². The fourth-order valence-corrected chi connectivity index (χ4v) is 4.11. The van der Waals surface area contributed by atoms with Crippen molar-refractivity contribution in [2.75, 3.05) is 0 Å². The molecule has 3 heteroatoms. The Morgan fingerprint density at radius 1 is 1.20 bits per heavy atom. The molecule has 1 atom stereocenters. The molecule has 0 fully saturated rings. The summed E-state index contributed by atoms with van der Waals surface area (Å²) in [6.07, 6.45) is 3.66. The van der Waals surface area contributed by atoms with Crippen molar-refractivity contribution in [1.82, 2.24) is 10.3 Å². The topological polar surface area (TPSA) is 24.9 Å². The van der Waals surface area contributed by atoms with Gasteiger partial charge in [0.25, 0.3) is 0 Å². The summed E-state index contributed by atoms with van der Waals surface area (Å²) in [5.74, 6) is 0. The molecule has 1 aliphatic rings. The minimum absolute atomic E-state index is 0.229. The average Bonchev–Trinajstić information content (AvgIpc) is 2.97. The Labute approximate surface area is 125 Å². The van der Waals surface area contributed by atoms with E-state index in [1.54, 1.807) is 0 Å². The van der Waals surface area contributed by atoms with Crippen molar-refractivity contribution in [1.29, 1.82) is 0 Å². The molecule has 0 aliphatic heterocycles. The molecule has 0 saturated carbocycles. The van der Waals surface area contributed by atoms with Crippen LogP contribution in [0.1, 0.15) is 53.0 Å². The number of rotatable bonds is 4. The number of fused-ring (bicyclic) bond motifs is 1. The molecule has 2 aromatic rings. The second-order valence-electron chi connectivity index (χ2n) is 5.89. The normalized spacial score (nSPS) is 15.6. The van der Waals surface area contributed by atoms with Crippen LogP contribution in [0.3, 0.4) is 0 Å². The van der Waals surface area contributed by atoms with Crippen LogP contribution in [-0.4, -0.2) is 11.0 Å². The van der Waals surface area contributed by atoms with Crippen molar-refractivity contribution in [3.05, 3.63) is 51.0 Å². The van der Waals surface area contributed by atoms with Gasteiger partial charge < -0.3 is 5.32 Å². The molecule has 1 unspecified atom stereocenters. The van der Waals surface area contributed by atoms with Crippen LogP contribution in [0.5, 0.6) is 0 Å². The van der Waals surface area contributed by atoms with Gasteiger partial charge in [0.1, 0.15) is 5.01 Å². The van der Waals surface area contributed by atoms with Gasteiger partial charge >= 0.3 is 0 Å². The summed E-state index contributed by atoms with van der Waals surface area (Å²) >= 11 is 1.90. The number of hydrogen-bond acceptors (Lipinski definition) is 3. The summed E-state index contributed by atoms with van der Waals surface area (Å²) in [5, 5.41) is 4.92. The lowest BCUT2D eigenvalue weighted by atomic mass is 10.0. The van der Waals surface area contributed by atoms with Gasteiger partial charge in [-0.1, -0.05) is 24.3 Å². The zero-order valence-corrected chi connectivity index (χ0v) is 13.3. The number of hydrogen-bond donors (Lipinski definition) is 1. The second-order valence-corrected chi connectivity index (χ2v) is 7.00. The molecule has 0 spiro atoms. The van der Waals surface area contributed by atoms with E-state index in [9.17, 15) is 0 Å². The Morgan fingerprint density at radius 3 is 2.70 bits per heavy atom. The minimum atomic E-state index is 0.229. The third-order valence-electron chi connectivity index (χ3n) is 3.86. The van der Waals surface area contributed by atoms with Crippen molar-refractivity contribution in [3.63, 3.8) is 0 Å². The van der Waals surface area contributed by atoms with Crippen LogP contribution in [-0.2, 0) is 12.8 Å². The van der Waals surface area contributed by atoms with Crippen molar-refractivity contribution in [2.24, 2.45) is 0 Å². The monoisotopic (exact) mass is 286 g/mol. The number of benzene rings is 1. The Balaban J connectivity index is 1.99. The fraction of sp³-hybridized carbons (Fsp3) is 0.471. The Hall–Kier alpha value is -1.19. The summed E-state index contributed by atoms with van der Waals surface area (Å²) in [6, 6.07) is 9.31. The van der Waals surface area contributed by atoms with E-state index < -0.39 is 0 Å². The van der Waals surface area contributed by atoms with E-state index in [-0.39, 0.29) is 6.04 Å². The fourth-order valence-electron chi connectivity index (χ4n) is 2.87.